The Hall–Kier alpha value is -0.810. The standard InChI is InChI=1S/C16H28N2O3/c1-15(2,3)21-14(19)18-11-16(9-17-10-16)13(18)8-12-4-6-20-7-5-12/h12-13,17H,4-11H2,1-3H3. The van der Waals surface area contributed by atoms with E-state index in [2.05, 4.69) is 5.32 Å². The van der Waals surface area contributed by atoms with Crippen LogP contribution in [0.3, 0.4) is 0 Å². The molecule has 120 valence electrons. The number of carbonyl (C=O) groups excluding carboxylic acids is 1. The molecule has 0 aliphatic carbocycles. The Morgan fingerprint density at radius 2 is 2.00 bits per heavy atom. The van der Waals surface area contributed by atoms with E-state index in [9.17, 15) is 4.79 Å². The van der Waals surface area contributed by atoms with Crippen LogP contribution >= 0.6 is 0 Å². The molecule has 3 heterocycles. The van der Waals surface area contributed by atoms with Crippen LogP contribution in [-0.4, -0.2) is 55.5 Å². The highest BCUT2D eigenvalue weighted by atomic mass is 16.6. The van der Waals surface area contributed by atoms with Crippen LogP contribution in [0.2, 0.25) is 0 Å². The highest BCUT2D eigenvalue weighted by Gasteiger charge is 2.58. The van der Waals surface area contributed by atoms with Gasteiger partial charge in [0, 0.05) is 44.3 Å². The zero-order chi connectivity index (χ0) is 15.1. The van der Waals surface area contributed by atoms with Gasteiger partial charge in [-0.25, -0.2) is 4.79 Å². The normalized spacial score (nSPS) is 28.9. The second kappa shape index (κ2) is 5.43. The lowest BCUT2D eigenvalue weighted by Gasteiger charge is -2.62. The van der Waals surface area contributed by atoms with Gasteiger partial charge in [0.2, 0.25) is 0 Å². The van der Waals surface area contributed by atoms with E-state index in [1.165, 1.54) is 0 Å². The Labute approximate surface area is 127 Å². The van der Waals surface area contributed by atoms with Crippen molar-refractivity contribution in [3.63, 3.8) is 0 Å². The van der Waals surface area contributed by atoms with E-state index in [1.54, 1.807) is 0 Å². The molecule has 0 radical (unpaired) electrons. The number of amides is 1. The maximum absolute atomic E-state index is 12.4. The van der Waals surface area contributed by atoms with E-state index in [0.29, 0.717) is 17.4 Å². The smallest absolute Gasteiger partial charge is 0.410 e. The minimum atomic E-state index is -0.416. The van der Waals surface area contributed by atoms with Crippen molar-refractivity contribution in [2.24, 2.45) is 11.3 Å². The number of ether oxygens (including phenoxy) is 2. The van der Waals surface area contributed by atoms with Crippen LogP contribution in [0, 0.1) is 11.3 Å². The van der Waals surface area contributed by atoms with Crippen LogP contribution in [0.25, 0.3) is 0 Å². The molecule has 0 aromatic rings. The topological polar surface area (TPSA) is 50.8 Å². The van der Waals surface area contributed by atoms with Crippen molar-refractivity contribution in [3.8, 4) is 0 Å². The Morgan fingerprint density at radius 3 is 2.52 bits per heavy atom. The Balaban J connectivity index is 1.62. The molecule has 5 heteroatoms. The van der Waals surface area contributed by atoms with Crippen molar-refractivity contribution in [2.45, 2.75) is 51.7 Å². The van der Waals surface area contributed by atoms with Gasteiger partial charge in [0.25, 0.3) is 0 Å². The summed E-state index contributed by atoms with van der Waals surface area (Å²) in [6.07, 6.45) is 3.21. The van der Waals surface area contributed by atoms with Crippen LogP contribution < -0.4 is 5.32 Å². The minimum absolute atomic E-state index is 0.142. The third kappa shape index (κ3) is 3.04. The fourth-order valence-electron chi connectivity index (χ4n) is 3.75. The number of carbonyl (C=O) groups is 1. The first-order chi connectivity index (χ1) is 9.90. The molecule has 3 rings (SSSR count). The monoisotopic (exact) mass is 296 g/mol. The van der Waals surface area contributed by atoms with Crippen LogP contribution in [-0.2, 0) is 9.47 Å². The molecular weight excluding hydrogens is 268 g/mol. The summed E-state index contributed by atoms with van der Waals surface area (Å²) in [7, 11) is 0. The summed E-state index contributed by atoms with van der Waals surface area (Å²) in [5.41, 5.74) is -0.101. The Bertz CT molecular complexity index is 395. The summed E-state index contributed by atoms with van der Waals surface area (Å²) in [5.74, 6) is 0.687. The van der Waals surface area contributed by atoms with Crippen molar-refractivity contribution in [1.82, 2.24) is 10.2 Å². The Kier molecular flexibility index (Phi) is 3.91. The van der Waals surface area contributed by atoms with Crippen molar-refractivity contribution >= 4 is 6.09 Å². The van der Waals surface area contributed by atoms with Crippen molar-refractivity contribution in [3.05, 3.63) is 0 Å². The molecule has 21 heavy (non-hydrogen) atoms. The van der Waals surface area contributed by atoms with E-state index in [1.807, 2.05) is 25.7 Å². The second-order valence-corrected chi connectivity index (χ2v) is 7.88. The molecule has 0 bridgehead atoms. The largest absolute Gasteiger partial charge is 0.444 e. The highest BCUT2D eigenvalue weighted by molar-refractivity contribution is 5.70. The first-order valence-corrected chi connectivity index (χ1v) is 8.18. The summed E-state index contributed by atoms with van der Waals surface area (Å²) in [6.45, 7) is 10.5. The molecule has 3 saturated heterocycles. The zero-order valence-corrected chi connectivity index (χ0v) is 13.5. The number of nitrogens with zero attached hydrogens (tertiary/aromatic N) is 1. The fourth-order valence-corrected chi connectivity index (χ4v) is 3.75. The quantitative estimate of drug-likeness (QED) is 0.847. The summed E-state index contributed by atoms with van der Waals surface area (Å²) < 4.78 is 11.0. The average molecular weight is 296 g/mol. The predicted octanol–water partition coefficient (Wildman–Crippen LogP) is 2.01. The summed E-state index contributed by atoms with van der Waals surface area (Å²) in [6, 6.07) is 0.344. The summed E-state index contributed by atoms with van der Waals surface area (Å²) in [5, 5.41) is 3.38. The van der Waals surface area contributed by atoms with Gasteiger partial charge in [-0.3, -0.25) is 0 Å². The number of nitrogens with one attached hydrogen (secondary N) is 1. The van der Waals surface area contributed by atoms with Crippen LogP contribution in [0.15, 0.2) is 0 Å². The molecule has 3 aliphatic heterocycles. The first kappa shape index (κ1) is 15.1. The van der Waals surface area contributed by atoms with Crippen LogP contribution in [0.1, 0.15) is 40.0 Å². The van der Waals surface area contributed by atoms with Gasteiger partial charge in [-0.15, -0.1) is 0 Å². The highest BCUT2D eigenvalue weighted by Crippen LogP contribution is 2.45. The van der Waals surface area contributed by atoms with Crippen molar-refractivity contribution < 1.29 is 14.3 Å². The molecule has 1 unspecified atom stereocenters. The van der Waals surface area contributed by atoms with E-state index in [0.717, 1.165) is 52.1 Å². The lowest BCUT2D eigenvalue weighted by atomic mass is 9.64. The van der Waals surface area contributed by atoms with Gasteiger partial charge < -0.3 is 19.7 Å². The molecule has 1 N–H and O–H groups in total. The number of rotatable bonds is 2. The molecule has 0 aromatic carbocycles. The Morgan fingerprint density at radius 1 is 1.33 bits per heavy atom. The van der Waals surface area contributed by atoms with Gasteiger partial charge in [-0.1, -0.05) is 0 Å². The van der Waals surface area contributed by atoms with Crippen molar-refractivity contribution in [1.29, 1.82) is 0 Å². The number of hydrogen-bond donors (Lipinski definition) is 1. The van der Waals surface area contributed by atoms with Gasteiger partial charge in [0.1, 0.15) is 5.60 Å². The second-order valence-electron chi connectivity index (χ2n) is 7.88. The number of hydrogen-bond acceptors (Lipinski definition) is 4. The first-order valence-electron chi connectivity index (χ1n) is 8.18. The van der Waals surface area contributed by atoms with E-state index in [-0.39, 0.29) is 6.09 Å². The van der Waals surface area contributed by atoms with Gasteiger partial charge in [0.05, 0.1) is 0 Å². The lowest BCUT2D eigenvalue weighted by Crippen LogP contribution is -2.78. The van der Waals surface area contributed by atoms with Crippen molar-refractivity contribution in [2.75, 3.05) is 32.8 Å². The lowest BCUT2D eigenvalue weighted by molar-refractivity contribution is -0.116. The van der Waals surface area contributed by atoms with Gasteiger partial charge in [-0.05, 0) is 46.0 Å². The third-order valence-electron chi connectivity index (χ3n) is 5.05. The summed E-state index contributed by atoms with van der Waals surface area (Å²) in [4.78, 5) is 14.3. The predicted molar refractivity (Wildman–Crippen MR) is 80.2 cm³/mol. The van der Waals surface area contributed by atoms with Crippen LogP contribution in [0.5, 0.6) is 0 Å². The van der Waals surface area contributed by atoms with E-state index in [4.69, 9.17) is 9.47 Å². The van der Waals surface area contributed by atoms with Crippen LogP contribution in [0.4, 0.5) is 4.79 Å². The van der Waals surface area contributed by atoms with Gasteiger partial charge in [0.15, 0.2) is 0 Å². The van der Waals surface area contributed by atoms with E-state index >= 15 is 0 Å². The average Bonchev–Trinajstić information content (AvgIpc) is 2.32. The molecule has 1 spiro atoms. The van der Waals surface area contributed by atoms with Gasteiger partial charge >= 0.3 is 6.09 Å². The molecule has 5 nitrogen and oxygen atoms in total. The maximum Gasteiger partial charge on any atom is 0.410 e. The molecule has 0 aromatic heterocycles. The van der Waals surface area contributed by atoms with Gasteiger partial charge in [-0.2, -0.15) is 0 Å². The third-order valence-corrected chi connectivity index (χ3v) is 5.05. The van der Waals surface area contributed by atoms with E-state index < -0.39 is 5.60 Å². The molecule has 3 aliphatic rings. The molecular formula is C16H28N2O3. The zero-order valence-electron chi connectivity index (χ0n) is 13.5. The molecule has 0 saturated carbocycles. The molecule has 3 fully saturated rings. The SMILES string of the molecule is CC(C)(C)OC(=O)N1CC2(CNC2)C1CC1CCOCC1. The fraction of sp³-hybridized carbons (Fsp3) is 0.938. The summed E-state index contributed by atoms with van der Waals surface area (Å²) >= 11 is 0. The number of likely N-dealkylation sites (tertiary alicyclic amines) is 1. The minimum Gasteiger partial charge on any atom is -0.444 e. The molecule has 1 atom stereocenters. The maximum atomic E-state index is 12.4. The molecule has 1 amide bonds.